The van der Waals surface area contributed by atoms with Crippen LogP contribution in [0, 0.1) is 16.7 Å². The average Bonchev–Trinajstić information content (AvgIpc) is 3.39. The third kappa shape index (κ3) is 5.78. The van der Waals surface area contributed by atoms with Gasteiger partial charge in [-0.1, -0.05) is 0 Å². The van der Waals surface area contributed by atoms with Gasteiger partial charge in [0, 0.05) is 33.1 Å². The Kier molecular flexibility index (Phi) is 6.91. The van der Waals surface area contributed by atoms with Crippen molar-refractivity contribution in [3.05, 3.63) is 0 Å². The molecule has 30 heavy (non-hydrogen) atoms. The fraction of sp³-hybridized carbons (Fsp3) is 0.789. The molecule has 0 aromatic rings. The van der Waals surface area contributed by atoms with Crippen molar-refractivity contribution in [2.75, 3.05) is 26.7 Å². The van der Waals surface area contributed by atoms with Crippen LogP contribution in [0.1, 0.15) is 45.4 Å². The van der Waals surface area contributed by atoms with Gasteiger partial charge in [0.05, 0.1) is 17.5 Å². The molecule has 11 heteroatoms. The average molecular weight is 429 g/mol. The molecule has 0 bridgehead atoms. The lowest BCUT2D eigenvalue weighted by atomic mass is 9.77. The summed E-state index contributed by atoms with van der Waals surface area (Å²) in [6.07, 6.45) is 1.79. The predicted molar refractivity (Wildman–Crippen MR) is 102 cm³/mol. The van der Waals surface area contributed by atoms with Crippen LogP contribution in [0.4, 0.5) is 13.6 Å². The Bertz CT molecular complexity index is 721. The molecule has 2 saturated heterocycles. The number of nitriles is 1. The summed E-state index contributed by atoms with van der Waals surface area (Å²) in [6.45, 7) is 2.51. The Morgan fingerprint density at radius 3 is 2.17 bits per heavy atom. The van der Waals surface area contributed by atoms with Crippen LogP contribution < -0.4 is 11.1 Å². The molecule has 2 heterocycles. The summed E-state index contributed by atoms with van der Waals surface area (Å²) < 4.78 is 25.1. The third-order valence-electron chi connectivity index (χ3n) is 5.96. The van der Waals surface area contributed by atoms with Crippen LogP contribution in [-0.2, 0) is 9.59 Å². The van der Waals surface area contributed by atoms with E-state index < -0.39 is 35.9 Å². The number of piperidine rings is 1. The lowest BCUT2D eigenvalue weighted by Crippen LogP contribution is -2.48. The van der Waals surface area contributed by atoms with Crippen LogP contribution >= 0.6 is 0 Å². The maximum absolute atomic E-state index is 12.5. The molecule has 1 atom stereocenters. The number of alkyl halides is 2. The predicted octanol–water partition coefficient (Wildman–Crippen LogP) is 1.14. The molecule has 0 aromatic heterocycles. The molecule has 0 aromatic carbocycles. The van der Waals surface area contributed by atoms with E-state index in [1.807, 2.05) is 13.1 Å². The number of hydrogen-bond donors (Lipinski definition) is 3. The molecule has 1 spiro atoms. The van der Waals surface area contributed by atoms with Gasteiger partial charge in [0.1, 0.15) is 5.54 Å². The summed E-state index contributed by atoms with van der Waals surface area (Å²) in [5, 5.41) is 19.9. The highest BCUT2D eigenvalue weighted by Gasteiger charge is 2.47. The van der Waals surface area contributed by atoms with Gasteiger partial charge in [0.2, 0.25) is 17.7 Å². The lowest BCUT2D eigenvalue weighted by Gasteiger charge is -2.36. The number of rotatable bonds is 4. The minimum absolute atomic E-state index is 0.201. The third-order valence-corrected chi connectivity index (χ3v) is 5.96. The Labute approximate surface area is 174 Å². The van der Waals surface area contributed by atoms with Crippen molar-refractivity contribution in [3.8, 4) is 6.07 Å². The van der Waals surface area contributed by atoms with Gasteiger partial charge in [-0.15, -0.1) is 0 Å². The zero-order valence-corrected chi connectivity index (χ0v) is 17.3. The first-order chi connectivity index (χ1) is 13.8. The van der Waals surface area contributed by atoms with Crippen LogP contribution in [0.25, 0.3) is 0 Å². The van der Waals surface area contributed by atoms with Crippen molar-refractivity contribution in [1.82, 2.24) is 15.1 Å². The minimum Gasteiger partial charge on any atom is -0.465 e. The minimum atomic E-state index is -2.97. The van der Waals surface area contributed by atoms with E-state index in [1.54, 1.807) is 4.90 Å². The monoisotopic (exact) mass is 429 g/mol. The highest BCUT2D eigenvalue weighted by Crippen LogP contribution is 2.40. The van der Waals surface area contributed by atoms with E-state index in [0.717, 1.165) is 13.0 Å². The molecule has 3 amide bonds. The van der Waals surface area contributed by atoms with Gasteiger partial charge in [-0.05, 0) is 39.0 Å². The molecule has 168 valence electrons. The van der Waals surface area contributed by atoms with Gasteiger partial charge in [0.25, 0.3) is 0 Å². The summed E-state index contributed by atoms with van der Waals surface area (Å²) in [5.74, 6) is -3.46. The Morgan fingerprint density at radius 1 is 1.27 bits per heavy atom. The number of nitrogens with zero attached hydrogens (tertiary/aromatic N) is 3. The van der Waals surface area contributed by atoms with Crippen molar-refractivity contribution in [1.29, 1.82) is 5.26 Å². The summed E-state index contributed by atoms with van der Waals surface area (Å²) in [6, 6.07) is 0.658. The number of carbonyl (C=O) groups is 3. The fourth-order valence-electron chi connectivity index (χ4n) is 3.78. The summed E-state index contributed by atoms with van der Waals surface area (Å²) >= 11 is 0. The van der Waals surface area contributed by atoms with E-state index in [2.05, 4.69) is 5.32 Å². The smallest absolute Gasteiger partial charge is 0.407 e. The number of carbonyl (C=O) groups excluding carboxylic acids is 2. The number of halogens is 2. The molecule has 0 unspecified atom stereocenters. The van der Waals surface area contributed by atoms with Crippen LogP contribution in [0.3, 0.4) is 0 Å². The van der Waals surface area contributed by atoms with Crippen molar-refractivity contribution < 1.29 is 28.3 Å². The Hall–Kier alpha value is -2.48. The van der Waals surface area contributed by atoms with E-state index in [1.165, 1.54) is 4.90 Å². The number of carboxylic acid groups (broad SMARTS) is 1. The molecule has 3 rings (SSSR count). The van der Waals surface area contributed by atoms with Crippen LogP contribution in [0.5, 0.6) is 0 Å². The lowest BCUT2D eigenvalue weighted by molar-refractivity contribution is -0.137. The van der Waals surface area contributed by atoms with Crippen LogP contribution in [-0.4, -0.2) is 77.0 Å². The zero-order chi connectivity index (χ0) is 22.7. The van der Waals surface area contributed by atoms with Gasteiger partial charge in [-0.3, -0.25) is 9.59 Å². The topological polar surface area (TPSA) is 140 Å². The maximum atomic E-state index is 12.5. The second-order valence-electron chi connectivity index (χ2n) is 8.59. The largest absolute Gasteiger partial charge is 0.465 e. The number of hydrogen-bond acceptors (Lipinski definition) is 5. The van der Waals surface area contributed by atoms with Crippen molar-refractivity contribution in [2.45, 2.75) is 63.0 Å². The number of likely N-dealkylation sites (tertiary alicyclic amines) is 2. The standard InChI is InChI=1S/C10H16N2O3.C9H13F2N3O/c1-11-5-2-10(8(11)13)3-6-12(7-4-10)9(14)15;1-8(10,11)4-6(13)7(15)14-9(5-12)2-3-9/h2-7H2,1H3,(H,14,15);6H,2-4,13H2,1H3,(H,14,15)/t;6-/m.0/s1. The molecule has 4 N–H and O–H groups in total. The van der Waals surface area contributed by atoms with Crippen molar-refractivity contribution in [2.24, 2.45) is 11.1 Å². The first-order valence-electron chi connectivity index (χ1n) is 9.93. The van der Waals surface area contributed by atoms with Gasteiger partial charge in [0.15, 0.2) is 0 Å². The van der Waals surface area contributed by atoms with E-state index in [9.17, 15) is 23.2 Å². The molecular weight excluding hydrogens is 400 g/mol. The van der Waals surface area contributed by atoms with Gasteiger partial charge < -0.3 is 26.0 Å². The molecule has 1 aliphatic carbocycles. The van der Waals surface area contributed by atoms with Gasteiger partial charge in [-0.2, -0.15) is 5.26 Å². The molecule has 0 radical (unpaired) electrons. The number of nitrogens with one attached hydrogen (secondary N) is 1. The van der Waals surface area contributed by atoms with E-state index in [4.69, 9.17) is 16.1 Å². The summed E-state index contributed by atoms with van der Waals surface area (Å²) in [5.41, 5.74) is 4.19. The molecule has 3 fully saturated rings. The highest BCUT2D eigenvalue weighted by atomic mass is 19.3. The second kappa shape index (κ2) is 8.71. The zero-order valence-electron chi connectivity index (χ0n) is 17.3. The summed E-state index contributed by atoms with van der Waals surface area (Å²) in [7, 11) is 1.82. The Morgan fingerprint density at radius 2 is 1.80 bits per heavy atom. The fourth-order valence-corrected chi connectivity index (χ4v) is 3.78. The van der Waals surface area contributed by atoms with E-state index >= 15 is 0 Å². The van der Waals surface area contributed by atoms with E-state index in [-0.39, 0.29) is 11.3 Å². The second-order valence-corrected chi connectivity index (χ2v) is 8.59. The van der Waals surface area contributed by atoms with Crippen LogP contribution in [0.15, 0.2) is 0 Å². The van der Waals surface area contributed by atoms with Gasteiger partial charge >= 0.3 is 6.09 Å². The number of nitrogens with two attached hydrogens (primary N) is 1. The first-order valence-corrected chi connectivity index (χ1v) is 9.93. The molecular formula is C19H29F2N5O4. The molecule has 2 aliphatic heterocycles. The summed E-state index contributed by atoms with van der Waals surface area (Å²) in [4.78, 5) is 37.1. The number of amides is 3. The maximum Gasteiger partial charge on any atom is 0.407 e. The molecule has 1 saturated carbocycles. The normalized spacial score (nSPS) is 22.6. The van der Waals surface area contributed by atoms with Crippen LogP contribution in [0.2, 0.25) is 0 Å². The van der Waals surface area contributed by atoms with Gasteiger partial charge in [-0.25, -0.2) is 13.6 Å². The quantitative estimate of drug-likeness (QED) is 0.612. The molecule has 3 aliphatic rings. The van der Waals surface area contributed by atoms with E-state index in [0.29, 0.717) is 45.7 Å². The SMILES string of the molecule is CC(F)(F)C[C@H](N)C(=O)NC1(C#N)CC1.CN1CCC2(CCN(C(=O)O)CC2)C1=O. The highest BCUT2D eigenvalue weighted by molar-refractivity contribution is 5.85. The Balaban J connectivity index is 0.000000214. The molecule has 9 nitrogen and oxygen atoms in total. The van der Waals surface area contributed by atoms with Crippen molar-refractivity contribution in [3.63, 3.8) is 0 Å². The first kappa shape index (κ1) is 23.8. The van der Waals surface area contributed by atoms with Crippen molar-refractivity contribution >= 4 is 17.9 Å².